The van der Waals surface area contributed by atoms with Crippen molar-refractivity contribution in [1.82, 2.24) is 4.98 Å². The van der Waals surface area contributed by atoms with Crippen LogP contribution in [0.1, 0.15) is 17.2 Å². The smallest absolute Gasteiger partial charge is 0.301 e. The average molecular weight is 495 g/mol. The highest BCUT2D eigenvalue weighted by atomic mass is 35.5. The number of aliphatic hydroxyl groups is 1. The maximum Gasteiger partial charge on any atom is 0.301 e. The lowest BCUT2D eigenvalue weighted by molar-refractivity contribution is -0.132. The molecule has 1 aromatic heterocycles. The predicted octanol–water partition coefficient (Wildman–Crippen LogP) is 5.72. The van der Waals surface area contributed by atoms with Crippen molar-refractivity contribution in [2.24, 2.45) is 0 Å². The monoisotopic (exact) mass is 494 g/mol. The molecular weight excluding hydrogens is 479 g/mol. The van der Waals surface area contributed by atoms with Gasteiger partial charge in [-0.2, -0.15) is 0 Å². The number of benzene rings is 3. The van der Waals surface area contributed by atoms with E-state index in [0.717, 1.165) is 11.3 Å². The molecule has 0 spiro atoms. The van der Waals surface area contributed by atoms with E-state index in [0.29, 0.717) is 32.1 Å². The summed E-state index contributed by atoms with van der Waals surface area (Å²) in [5.74, 6) is -2.08. The van der Waals surface area contributed by atoms with Gasteiger partial charge in [0, 0.05) is 16.1 Å². The van der Waals surface area contributed by atoms with Crippen LogP contribution in [-0.2, 0) is 9.59 Å². The van der Waals surface area contributed by atoms with Gasteiger partial charge in [-0.05, 0) is 48.5 Å². The van der Waals surface area contributed by atoms with Crippen LogP contribution < -0.4 is 9.64 Å². The number of ether oxygens (including phenoxy) is 1. The normalized spacial score (nSPS) is 17.5. The van der Waals surface area contributed by atoms with Gasteiger partial charge in [-0.1, -0.05) is 41.1 Å². The van der Waals surface area contributed by atoms with Gasteiger partial charge in [0.15, 0.2) is 5.13 Å². The van der Waals surface area contributed by atoms with Crippen molar-refractivity contribution >= 4 is 55.7 Å². The van der Waals surface area contributed by atoms with Gasteiger partial charge in [0.05, 0.1) is 22.9 Å². The number of aliphatic hydroxyl groups excluding tert-OH is 1. The molecule has 0 aliphatic carbocycles. The molecule has 1 N–H and O–H groups in total. The number of hydrogen-bond acceptors (Lipinski definition) is 6. The number of nitrogens with zero attached hydrogens (tertiary/aromatic N) is 2. The highest BCUT2D eigenvalue weighted by Crippen LogP contribution is 2.46. The van der Waals surface area contributed by atoms with E-state index in [1.165, 1.54) is 30.2 Å². The van der Waals surface area contributed by atoms with E-state index in [1.54, 1.807) is 48.5 Å². The van der Waals surface area contributed by atoms with Crippen molar-refractivity contribution < 1.29 is 23.8 Å². The van der Waals surface area contributed by atoms with Gasteiger partial charge in [-0.15, -0.1) is 0 Å². The number of halogens is 2. The van der Waals surface area contributed by atoms with E-state index in [2.05, 4.69) is 4.98 Å². The molecule has 9 heteroatoms. The summed E-state index contributed by atoms with van der Waals surface area (Å²) in [7, 11) is 1.48. The van der Waals surface area contributed by atoms with Gasteiger partial charge in [0.25, 0.3) is 5.78 Å². The lowest BCUT2D eigenvalue weighted by Crippen LogP contribution is -2.29. The number of thiazole rings is 1. The summed E-state index contributed by atoms with van der Waals surface area (Å²) in [5.41, 5.74) is 1.20. The van der Waals surface area contributed by atoms with Crippen LogP contribution in [0.5, 0.6) is 5.75 Å². The minimum absolute atomic E-state index is 0.109. The number of fused-ring (bicyclic) bond motifs is 1. The molecule has 1 unspecified atom stereocenters. The highest BCUT2D eigenvalue weighted by molar-refractivity contribution is 7.22. The molecule has 1 saturated heterocycles. The maximum absolute atomic E-state index is 13.8. The van der Waals surface area contributed by atoms with Crippen LogP contribution >= 0.6 is 22.9 Å². The van der Waals surface area contributed by atoms with E-state index >= 15 is 0 Å². The van der Waals surface area contributed by atoms with Crippen molar-refractivity contribution in [1.29, 1.82) is 0 Å². The molecule has 4 aromatic rings. The van der Waals surface area contributed by atoms with Crippen LogP contribution in [0.25, 0.3) is 16.0 Å². The third kappa shape index (κ3) is 3.61. The van der Waals surface area contributed by atoms with Crippen LogP contribution in [0.3, 0.4) is 0 Å². The first-order chi connectivity index (χ1) is 16.4. The number of carbonyl (C=O) groups excluding carboxylic acids is 2. The summed E-state index contributed by atoms with van der Waals surface area (Å²) in [6.07, 6.45) is 0. The lowest BCUT2D eigenvalue weighted by Gasteiger charge is -2.24. The fourth-order valence-electron chi connectivity index (χ4n) is 3.97. The Kier molecular flexibility index (Phi) is 5.55. The number of anilines is 1. The molecule has 170 valence electrons. The average Bonchev–Trinajstić information content (AvgIpc) is 3.36. The second kappa shape index (κ2) is 8.55. The molecule has 0 radical (unpaired) electrons. The predicted molar refractivity (Wildman–Crippen MR) is 129 cm³/mol. The van der Waals surface area contributed by atoms with Crippen LogP contribution in [0, 0.1) is 5.82 Å². The number of amides is 1. The van der Waals surface area contributed by atoms with Crippen molar-refractivity contribution in [3.8, 4) is 5.75 Å². The van der Waals surface area contributed by atoms with Crippen molar-refractivity contribution in [2.75, 3.05) is 12.0 Å². The Bertz CT molecular complexity index is 1480. The number of ketones is 1. The Morgan fingerprint density at radius 2 is 1.85 bits per heavy atom. The molecule has 1 aliphatic heterocycles. The van der Waals surface area contributed by atoms with Gasteiger partial charge in [-0.3, -0.25) is 14.5 Å². The van der Waals surface area contributed by atoms with Crippen LogP contribution in [0.4, 0.5) is 9.52 Å². The zero-order chi connectivity index (χ0) is 24.0. The van der Waals surface area contributed by atoms with Crippen molar-refractivity contribution in [3.63, 3.8) is 0 Å². The molecule has 1 aliphatic rings. The first kappa shape index (κ1) is 22.1. The first-order valence-corrected chi connectivity index (χ1v) is 11.3. The summed E-state index contributed by atoms with van der Waals surface area (Å²) in [4.78, 5) is 32.3. The summed E-state index contributed by atoms with van der Waals surface area (Å²) in [6.45, 7) is 0. The maximum atomic E-state index is 13.8. The van der Waals surface area contributed by atoms with Gasteiger partial charge in [0.1, 0.15) is 23.4 Å². The SMILES string of the molecule is COc1ccccc1C1/C(=C(\O)c2ccc(Cl)cc2)C(=O)C(=O)N1c1nc2ccc(F)cc2s1. The zero-order valence-electron chi connectivity index (χ0n) is 17.7. The number of carbonyl (C=O) groups is 2. The Morgan fingerprint density at radius 3 is 2.59 bits per heavy atom. The number of methoxy groups -OCH3 is 1. The van der Waals surface area contributed by atoms with Gasteiger partial charge < -0.3 is 9.84 Å². The highest BCUT2D eigenvalue weighted by Gasteiger charge is 2.49. The number of aromatic nitrogens is 1. The van der Waals surface area contributed by atoms with E-state index < -0.39 is 23.5 Å². The van der Waals surface area contributed by atoms with Gasteiger partial charge >= 0.3 is 5.91 Å². The topological polar surface area (TPSA) is 79.7 Å². The van der Waals surface area contributed by atoms with Crippen LogP contribution in [0.15, 0.2) is 72.3 Å². The molecule has 1 atom stereocenters. The minimum Gasteiger partial charge on any atom is -0.507 e. The quantitative estimate of drug-likeness (QED) is 0.223. The molecular formula is C25H16ClFN2O4S. The molecule has 2 heterocycles. The fraction of sp³-hybridized carbons (Fsp3) is 0.0800. The third-order valence-electron chi connectivity index (χ3n) is 5.54. The van der Waals surface area contributed by atoms with E-state index in [9.17, 15) is 19.1 Å². The molecule has 5 rings (SSSR count). The third-order valence-corrected chi connectivity index (χ3v) is 6.81. The summed E-state index contributed by atoms with van der Waals surface area (Å²) < 4.78 is 19.8. The summed E-state index contributed by atoms with van der Waals surface area (Å²) >= 11 is 7.05. The molecule has 1 fully saturated rings. The number of Topliss-reactive ketones (excluding diaryl/α,β-unsaturated/α-hetero) is 1. The molecule has 1 amide bonds. The lowest BCUT2D eigenvalue weighted by atomic mass is 9.95. The standard InChI is InChI=1S/C25H16ClFN2O4S/c1-33-18-5-3-2-4-16(18)21-20(22(30)13-6-8-14(26)9-7-13)23(31)24(32)29(21)25-28-17-11-10-15(27)12-19(17)34-25/h2-12,21,30H,1H3/b22-20+. The summed E-state index contributed by atoms with van der Waals surface area (Å²) in [6, 6.07) is 16.3. The largest absolute Gasteiger partial charge is 0.507 e. The van der Waals surface area contributed by atoms with Crippen molar-refractivity contribution in [2.45, 2.75) is 6.04 Å². The second-order valence-corrected chi connectivity index (χ2v) is 8.97. The van der Waals surface area contributed by atoms with Crippen LogP contribution in [0.2, 0.25) is 5.02 Å². The Balaban J connectivity index is 1.76. The van der Waals surface area contributed by atoms with Gasteiger partial charge in [-0.25, -0.2) is 9.37 Å². The number of para-hydroxylation sites is 1. The molecule has 0 saturated carbocycles. The van der Waals surface area contributed by atoms with Crippen LogP contribution in [-0.4, -0.2) is 28.9 Å². The first-order valence-electron chi connectivity index (χ1n) is 10.1. The molecule has 0 bridgehead atoms. The number of rotatable bonds is 4. The minimum atomic E-state index is -1.02. The van der Waals surface area contributed by atoms with E-state index in [-0.39, 0.29) is 16.5 Å². The van der Waals surface area contributed by atoms with Gasteiger partial charge in [0.2, 0.25) is 0 Å². The second-order valence-electron chi connectivity index (χ2n) is 7.53. The fourth-order valence-corrected chi connectivity index (χ4v) is 5.11. The Morgan fingerprint density at radius 1 is 1.12 bits per heavy atom. The Hall–Kier alpha value is -3.75. The molecule has 34 heavy (non-hydrogen) atoms. The zero-order valence-corrected chi connectivity index (χ0v) is 19.2. The van der Waals surface area contributed by atoms with Crippen molar-refractivity contribution in [3.05, 3.63) is 94.3 Å². The molecule has 6 nitrogen and oxygen atoms in total. The Labute approximate surface area is 202 Å². The number of hydrogen-bond donors (Lipinski definition) is 1. The summed E-state index contributed by atoms with van der Waals surface area (Å²) in [5, 5.41) is 11.8. The van der Waals surface area contributed by atoms with E-state index in [4.69, 9.17) is 16.3 Å². The molecule has 3 aromatic carbocycles. The van der Waals surface area contributed by atoms with E-state index in [1.807, 2.05) is 0 Å².